The van der Waals surface area contributed by atoms with Crippen LogP contribution >= 0.6 is 0 Å². The molecule has 0 bridgehead atoms. The standard InChI is InChI=1S/C18H29N3O3S/c1-14(2)20(4)25(23,24)17-9-7-16(8-10-17)19-18(22)13-21-11-5-6-15(3)12-21/h7-10,14-15H,5-6,11-13H2,1-4H3,(H,19,22)/t15-/m0/s1. The summed E-state index contributed by atoms with van der Waals surface area (Å²) >= 11 is 0. The van der Waals surface area contributed by atoms with E-state index in [-0.39, 0.29) is 16.8 Å². The number of nitrogens with zero attached hydrogens (tertiary/aromatic N) is 2. The van der Waals surface area contributed by atoms with Crippen LogP contribution in [0.5, 0.6) is 0 Å². The third-order valence-corrected chi connectivity index (χ3v) is 6.70. The van der Waals surface area contributed by atoms with Crippen LogP contribution in [0.1, 0.15) is 33.6 Å². The molecule has 0 spiro atoms. The van der Waals surface area contributed by atoms with Gasteiger partial charge in [-0.15, -0.1) is 0 Å². The highest BCUT2D eigenvalue weighted by atomic mass is 32.2. The van der Waals surface area contributed by atoms with Crippen molar-refractivity contribution in [2.75, 3.05) is 32.0 Å². The number of nitrogens with one attached hydrogen (secondary N) is 1. The molecule has 1 atom stereocenters. The quantitative estimate of drug-likeness (QED) is 0.838. The number of carbonyl (C=O) groups excluding carboxylic acids is 1. The van der Waals surface area contributed by atoms with E-state index in [0.29, 0.717) is 18.2 Å². The van der Waals surface area contributed by atoms with Crippen LogP contribution in [0.2, 0.25) is 0 Å². The molecule has 0 unspecified atom stereocenters. The lowest BCUT2D eigenvalue weighted by atomic mass is 10.0. The minimum absolute atomic E-state index is 0.0657. The summed E-state index contributed by atoms with van der Waals surface area (Å²) in [6.45, 7) is 8.14. The zero-order valence-electron chi connectivity index (χ0n) is 15.5. The van der Waals surface area contributed by atoms with Gasteiger partial charge in [0.2, 0.25) is 15.9 Å². The van der Waals surface area contributed by atoms with Crippen LogP contribution in [-0.2, 0) is 14.8 Å². The maximum Gasteiger partial charge on any atom is 0.243 e. The smallest absolute Gasteiger partial charge is 0.243 e. The van der Waals surface area contributed by atoms with E-state index in [4.69, 9.17) is 0 Å². The van der Waals surface area contributed by atoms with Gasteiger partial charge in [-0.2, -0.15) is 4.31 Å². The fourth-order valence-electron chi connectivity index (χ4n) is 2.99. The number of carbonyl (C=O) groups is 1. The van der Waals surface area contributed by atoms with Crippen molar-refractivity contribution in [2.45, 2.75) is 44.6 Å². The number of anilines is 1. The van der Waals surface area contributed by atoms with Crippen LogP contribution in [0.4, 0.5) is 5.69 Å². The molecule has 1 fully saturated rings. The third-order valence-electron chi connectivity index (χ3n) is 4.65. The monoisotopic (exact) mass is 367 g/mol. The highest BCUT2D eigenvalue weighted by Crippen LogP contribution is 2.19. The predicted octanol–water partition coefficient (Wildman–Crippen LogP) is 2.39. The lowest BCUT2D eigenvalue weighted by molar-refractivity contribution is -0.117. The van der Waals surface area contributed by atoms with E-state index in [2.05, 4.69) is 17.1 Å². The summed E-state index contributed by atoms with van der Waals surface area (Å²) in [4.78, 5) is 14.6. The van der Waals surface area contributed by atoms with Gasteiger partial charge in [0.25, 0.3) is 0 Å². The van der Waals surface area contributed by atoms with Crippen molar-refractivity contribution >= 4 is 21.6 Å². The molecule has 1 aromatic carbocycles. The van der Waals surface area contributed by atoms with E-state index in [1.54, 1.807) is 19.2 Å². The average Bonchev–Trinajstić information content (AvgIpc) is 2.54. The van der Waals surface area contributed by atoms with Gasteiger partial charge in [0, 0.05) is 25.3 Å². The van der Waals surface area contributed by atoms with E-state index in [1.165, 1.54) is 22.9 Å². The summed E-state index contributed by atoms with van der Waals surface area (Å²) in [6, 6.07) is 6.23. The predicted molar refractivity (Wildman–Crippen MR) is 100.0 cm³/mol. The molecular formula is C18H29N3O3S. The van der Waals surface area contributed by atoms with Gasteiger partial charge >= 0.3 is 0 Å². The minimum atomic E-state index is -3.50. The van der Waals surface area contributed by atoms with Gasteiger partial charge < -0.3 is 5.32 Å². The lowest BCUT2D eigenvalue weighted by Gasteiger charge is -2.30. The van der Waals surface area contributed by atoms with Crippen LogP contribution in [0.15, 0.2) is 29.2 Å². The molecule has 1 saturated heterocycles. The summed E-state index contributed by atoms with van der Waals surface area (Å²) in [5, 5.41) is 2.85. The van der Waals surface area contributed by atoms with Gasteiger partial charge in [0.1, 0.15) is 0 Å². The SMILES string of the molecule is CC(C)N(C)S(=O)(=O)c1ccc(NC(=O)CN2CCC[C@H](C)C2)cc1. The number of amides is 1. The zero-order chi connectivity index (χ0) is 18.6. The number of hydrogen-bond acceptors (Lipinski definition) is 4. The minimum Gasteiger partial charge on any atom is -0.325 e. The number of rotatable bonds is 6. The third kappa shape index (κ3) is 5.26. The molecule has 140 valence electrons. The second-order valence-electron chi connectivity index (χ2n) is 7.17. The Kier molecular flexibility index (Phi) is 6.59. The molecule has 0 aromatic heterocycles. The van der Waals surface area contributed by atoms with E-state index in [0.717, 1.165) is 19.5 Å². The van der Waals surface area contributed by atoms with Crippen molar-refractivity contribution in [1.29, 1.82) is 0 Å². The van der Waals surface area contributed by atoms with E-state index < -0.39 is 10.0 Å². The van der Waals surface area contributed by atoms with Crippen molar-refractivity contribution in [2.24, 2.45) is 5.92 Å². The Morgan fingerprint density at radius 2 is 1.96 bits per heavy atom. The van der Waals surface area contributed by atoms with Crippen LogP contribution in [0.25, 0.3) is 0 Å². The summed E-state index contributed by atoms with van der Waals surface area (Å²) in [7, 11) is -1.94. The largest absolute Gasteiger partial charge is 0.325 e. The first-order valence-electron chi connectivity index (χ1n) is 8.80. The van der Waals surface area contributed by atoms with Gasteiger partial charge in [-0.25, -0.2) is 8.42 Å². The van der Waals surface area contributed by atoms with Crippen molar-refractivity contribution in [3.63, 3.8) is 0 Å². The second-order valence-corrected chi connectivity index (χ2v) is 9.17. The maximum absolute atomic E-state index is 12.4. The molecule has 0 aliphatic carbocycles. The Hall–Kier alpha value is -1.44. The molecule has 0 saturated carbocycles. The van der Waals surface area contributed by atoms with Crippen LogP contribution in [-0.4, -0.2) is 56.3 Å². The molecule has 1 heterocycles. The maximum atomic E-state index is 12.4. The molecule has 1 N–H and O–H groups in total. The Morgan fingerprint density at radius 3 is 2.52 bits per heavy atom. The van der Waals surface area contributed by atoms with Gasteiger partial charge in [0.05, 0.1) is 11.4 Å². The molecule has 7 heteroatoms. The van der Waals surface area contributed by atoms with E-state index in [1.807, 2.05) is 13.8 Å². The number of piperidine rings is 1. The molecule has 1 aliphatic heterocycles. The molecule has 0 radical (unpaired) electrons. The van der Waals surface area contributed by atoms with Gasteiger partial charge in [-0.1, -0.05) is 6.92 Å². The molecule has 1 aromatic rings. The first-order chi connectivity index (χ1) is 11.7. The highest BCUT2D eigenvalue weighted by Gasteiger charge is 2.23. The Morgan fingerprint density at radius 1 is 1.32 bits per heavy atom. The zero-order valence-corrected chi connectivity index (χ0v) is 16.3. The first kappa shape index (κ1) is 19.9. The van der Waals surface area contributed by atoms with E-state index >= 15 is 0 Å². The summed E-state index contributed by atoms with van der Waals surface area (Å²) < 4.78 is 26.2. The summed E-state index contributed by atoms with van der Waals surface area (Å²) in [6.07, 6.45) is 2.35. The Balaban J connectivity index is 1.97. The first-order valence-corrected chi connectivity index (χ1v) is 10.2. The molecule has 2 rings (SSSR count). The van der Waals surface area contributed by atoms with Crippen LogP contribution in [0, 0.1) is 5.92 Å². The normalized spacial score (nSPS) is 19.4. The molecule has 25 heavy (non-hydrogen) atoms. The van der Waals surface area contributed by atoms with Crippen molar-refractivity contribution in [3.8, 4) is 0 Å². The summed E-state index contributed by atoms with van der Waals surface area (Å²) in [5.41, 5.74) is 0.612. The van der Waals surface area contributed by atoms with E-state index in [9.17, 15) is 13.2 Å². The Bertz CT molecular complexity index is 686. The summed E-state index contributed by atoms with van der Waals surface area (Å²) in [5.74, 6) is 0.563. The average molecular weight is 368 g/mol. The topological polar surface area (TPSA) is 69.7 Å². The molecule has 1 amide bonds. The number of hydrogen-bond donors (Lipinski definition) is 1. The number of sulfonamides is 1. The number of benzene rings is 1. The van der Waals surface area contributed by atoms with Crippen LogP contribution < -0.4 is 5.32 Å². The fraction of sp³-hybridized carbons (Fsp3) is 0.611. The van der Waals surface area contributed by atoms with Crippen LogP contribution in [0.3, 0.4) is 0 Å². The van der Waals surface area contributed by atoms with Gasteiger partial charge in [-0.3, -0.25) is 9.69 Å². The Labute approximate surface area is 151 Å². The van der Waals surface area contributed by atoms with Crippen molar-refractivity contribution < 1.29 is 13.2 Å². The number of likely N-dealkylation sites (tertiary alicyclic amines) is 1. The van der Waals surface area contributed by atoms with Gasteiger partial charge in [0.15, 0.2) is 0 Å². The fourth-order valence-corrected chi connectivity index (χ4v) is 4.36. The van der Waals surface area contributed by atoms with Gasteiger partial charge in [-0.05, 0) is 63.4 Å². The second kappa shape index (κ2) is 8.29. The lowest BCUT2D eigenvalue weighted by Crippen LogP contribution is -2.39. The molecule has 1 aliphatic rings. The van der Waals surface area contributed by atoms with Crippen molar-refractivity contribution in [3.05, 3.63) is 24.3 Å². The molecular weight excluding hydrogens is 338 g/mol. The highest BCUT2D eigenvalue weighted by molar-refractivity contribution is 7.89. The molecule has 6 nitrogen and oxygen atoms in total. The van der Waals surface area contributed by atoms with Crippen molar-refractivity contribution in [1.82, 2.24) is 9.21 Å².